The Morgan fingerprint density at radius 3 is 2.82 bits per heavy atom. The summed E-state index contributed by atoms with van der Waals surface area (Å²) < 4.78 is 7.47. The number of ether oxygens (including phenoxy) is 1. The van der Waals surface area contributed by atoms with Gasteiger partial charge in [0.15, 0.2) is 0 Å². The molecule has 0 saturated heterocycles. The van der Waals surface area contributed by atoms with E-state index in [0.29, 0.717) is 6.54 Å². The molecular formula is C13H17N3O. The highest BCUT2D eigenvalue weighted by Crippen LogP contribution is 2.24. The number of hydrogen-bond acceptors (Lipinski definition) is 3. The van der Waals surface area contributed by atoms with Crippen LogP contribution in [-0.4, -0.2) is 23.2 Å². The van der Waals surface area contributed by atoms with Gasteiger partial charge >= 0.3 is 0 Å². The maximum atomic E-state index is 5.60. The van der Waals surface area contributed by atoms with Crippen molar-refractivity contribution in [3.8, 4) is 11.4 Å². The number of aromatic nitrogens is 2. The fraction of sp³-hybridized carbons (Fsp3) is 0.308. The summed E-state index contributed by atoms with van der Waals surface area (Å²) in [6.45, 7) is 2.62. The fourth-order valence-electron chi connectivity index (χ4n) is 1.94. The smallest absolute Gasteiger partial charge is 0.142 e. The quantitative estimate of drug-likeness (QED) is 0.871. The average molecular weight is 231 g/mol. The minimum atomic E-state index is 0.589. The Morgan fingerprint density at radius 2 is 2.12 bits per heavy atom. The first-order chi connectivity index (χ1) is 8.27. The molecule has 2 rings (SSSR count). The number of nitrogens with two attached hydrogens (primary N) is 1. The van der Waals surface area contributed by atoms with Gasteiger partial charge in [0.2, 0.25) is 0 Å². The maximum absolute atomic E-state index is 5.60. The highest BCUT2D eigenvalue weighted by molar-refractivity contribution is 5.48. The molecule has 0 bridgehead atoms. The summed E-state index contributed by atoms with van der Waals surface area (Å²) in [4.78, 5) is 4.38. The van der Waals surface area contributed by atoms with Crippen LogP contribution in [0.15, 0.2) is 30.5 Å². The summed E-state index contributed by atoms with van der Waals surface area (Å²) in [5.74, 6) is 1.81. The second-order valence-corrected chi connectivity index (χ2v) is 3.86. The van der Waals surface area contributed by atoms with Gasteiger partial charge in [0.25, 0.3) is 0 Å². The van der Waals surface area contributed by atoms with Crippen molar-refractivity contribution in [3.63, 3.8) is 0 Å². The summed E-state index contributed by atoms with van der Waals surface area (Å²) in [5.41, 5.74) is 7.69. The van der Waals surface area contributed by atoms with E-state index in [-0.39, 0.29) is 0 Å². The maximum Gasteiger partial charge on any atom is 0.142 e. The highest BCUT2D eigenvalue weighted by Gasteiger charge is 2.11. The van der Waals surface area contributed by atoms with Crippen LogP contribution in [0.1, 0.15) is 11.5 Å². The zero-order valence-corrected chi connectivity index (χ0v) is 10.2. The molecule has 17 heavy (non-hydrogen) atoms. The van der Waals surface area contributed by atoms with Crippen molar-refractivity contribution in [3.05, 3.63) is 42.0 Å². The second kappa shape index (κ2) is 5.01. The third kappa shape index (κ3) is 2.17. The molecule has 1 heterocycles. The van der Waals surface area contributed by atoms with Crippen molar-refractivity contribution in [1.29, 1.82) is 0 Å². The van der Waals surface area contributed by atoms with Crippen LogP contribution in [0.25, 0.3) is 5.69 Å². The van der Waals surface area contributed by atoms with E-state index in [0.717, 1.165) is 29.4 Å². The van der Waals surface area contributed by atoms with Crippen LogP contribution in [0.4, 0.5) is 0 Å². The lowest BCUT2D eigenvalue weighted by Gasteiger charge is -2.13. The number of rotatable bonds is 4. The largest absolute Gasteiger partial charge is 0.495 e. The molecule has 2 aromatic rings. The topological polar surface area (TPSA) is 53.1 Å². The van der Waals surface area contributed by atoms with E-state index in [1.165, 1.54) is 0 Å². The number of methoxy groups -OCH3 is 1. The molecule has 0 radical (unpaired) electrons. The van der Waals surface area contributed by atoms with E-state index in [2.05, 4.69) is 9.55 Å². The first-order valence-corrected chi connectivity index (χ1v) is 5.64. The minimum absolute atomic E-state index is 0.589. The summed E-state index contributed by atoms with van der Waals surface area (Å²) in [7, 11) is 1.67. The van der Waals surface area contributed by atoms with Crippen LogP contribution >= 0.6 is 0 Å². The van der Waals surface area contributed by atoms with Gasteiger partial charge in [-0.15, -0.1) is 0 Å². The Hall–Kier alpha value is -1.81. The van der Waals surface area contributed by atoms with Gasteiger partial charge in [-0.2, -0.15) is 0 Å². The number of para-hydroxylation sites is 2. The van der Waals surface area contributed by atoms with Crippen LogP contribution < -0.4 is 10.5 Å². The van der Waals surface area contributed by atoms with Crippen LogP contribution in [0, 0.1) is 6.92 Å². The SMILES string of the molecule is COc1ccccc1-n1c(C)cnc1CCN. The molecule has 1 aromatic heterocycles. The molecule has 2 N–H and O–H groups in total. The number of aryl methyl sites for hydroxylation is 1. The van der Waals surface area contributed by atoms with E-state index in [1.807, 2.05) is 37.4 Å². The van der Waals surface area contributed by atoms with Crippen molar-refractivity contribution >= 4 is 0 Å². The number of imidazole rings is 1. The molecule has 90 valence electrons. The van der Waals surface area contributed by atoms with E-state index in [9.17, 15) is 0 Å². The number of hydrogen-bond donors (Lipinski definition) is 1. The first-order valence-electron chi connectivity index (χ1n) is 5.64. The lowest BCUT2D eigenvalue weighted by Crippen LogP contribution is -2.10. The number of nitrogens with zero attached hydrogens (tertiary/aromatic N) is 2. The molecule has 0 amide bonds. The lowest BCUT2D eigenvalue weighted by molar-refractivity contribution is 0.412. The first kappa shape index (κ1) is 11.7. The van der Waals surface area contributed by atoms with Gasteiger partial charge in [0.1, 0.15) is 11.6 Å². The molecule has 0 spiro atoms. The van der Waals surface area contributed by atoms with Gasteiger partial charge < -0.3 is 10.5 Å². The normalized spacial score (nSPS) is 10.5. The molecule has 0 fully saturated rings. The molecule has 0 aliphatic rings. The lowest BCUT2D eigenvalue weighted by atomic mass is 10.2. The second-order valence-electron chi connectivity index (χ2n) is 3.86. The Kier molecular flexibility index (Phi) is 3.44. The Bertz CT molecular complexity index is 505. The summed E-state index contributed by atoms with van der Waals surface area (Å²) in [6, 6.07) is 7.91. The predicted octanol–water partition coefficient (Wildman–Crippen LogP) is 1.69. The van der Waals surface area contributed by atoms with E-state index in [4.69, 9.17) is 10.5 Å². The van der Waals surface area contributed by atoms with E-state index >= 15 is 0 Å². The van der Waals surface area contributed by atoms with Gasteiger partial charge in [-0.3, -0.25) is 4.57 Å². The van der Waals surface area contributed by atoms with Crippen molar-refractivity contribution in [2.24, 2.45) is 5.73 Å². The fourth-order valence-corrected chi connectivity index (χ4v) is 1.94. The highest BCUT2D eigenvalue weighted by atomic mass is 16.5. The van der Waals surface area contributed by atoms with Crippen molar-refractivity contribution in [2.45, 2.75) is 13.3 Å². The molecule has 0 aliphatic heterocycles. The molecule has 4 nitrogen and oxygen atoms in total. The Labute approximate surface area is 101 Å². The van der Waals surface area contributed by atoms with Gasteiger partial charge in [0.05, 0.1) is 12.8 Å². The van der Waals surface area contributed by atoms with Crippen LogP contribution in [0.3, 0.4) is 0 Å². The third-order valence-corrected chi connectivity index (χ3v) is 2.71. The van der Waals surface area contributed by atoms with Crippen LogP contribution in [0.2, 0.25) is 0 Å². The van der Waals surface area contributed by atoms with Crippen molar-refractivity contribution < 1.29 is 4.74 Å². The van der Waals surface area contributed by atoms with Crippen LogP contribution in [-0.2, 0) is 6.42 Å². The predicted molar refractivity (Wildman–Crippen MR) is 67.6 cm³/mol. The minimum Gasteiger partial charge on any atom is -0.495 e. The van der Waals surface area contributed by atoms with Crippen molar-refractivity contribution in [2.75, 3.05) is 13.7 Å². The standard InChI is InChI=1S/C13H17N3O/c1-10-9-15-13(7-8-14)16(10)11-5-3-4-6-12(11)17-2/h3-6,9H,7-8,14H2,1-2H3. The van der Waals surface area contributed by atoms with E-state index < -0.39 is 0 Å². The summed E-state index contributed by atoms with van der Waals surface area (Å²) in [6.07, 6.45) is 2.61. The van der Waals surface area contributed by atoms with Gasteiger partial charge in [-0.05, 0) is 25.6 Å². The molecular weight excluding hydrogens is 214 g/mol. The molecule has 0 unspecified atom stereocenters. The molecule has 0 saturated carbocycles. The van der Waals surface area contributed by atoms with Gasteiger partial charge in [0, 0.05) is 18.3 Å². The average Bonchev–Trinajstić information content (AvgIpc) is 2.71. The zero-order valence-electron chi connectivity index (χ0n) is 10.2. The summed E-state index contributed by atoms with van der Waals surface area (Å²) in [5, 5.41) is 0. The molecule has 0 atom stereocenters. The monoisotopic (exact) mass is 231 g/mol. The van der Waals surface area contributed by atoms with Gasteiger partial charge in [-0.1, -0.05) is 12.1 Å². The number of benzene rings is 1. The Balaban J connectivity index is 2.55. The Morgan fingerprint density at radius 1 is 1.35 bits per heavy atom. The zero-order chi connectivity index (χ0) is 12.3. The van der Waals surface area contributed by atoms with Crippen molar-refractivity contribution in [1.82, 2.24) is 9.55 Å². The molecule has 0 aliphatic carbocycles. The van der Waals surface area contributed by atoms with Crippen LogP contribution in [0.5, 0.6) is 5.75 Å². The molecule has 1 aromatic carbocycles. The third-order valence-electron chi connectivity index (χ3n) is 2.71. The molecule has 4 heteroatoms. The summed E-state index contributed by atoms with van der Waals surface area (Å²) >= 11 is 0. The van der Waals surface area contributed by atoms with E-state index in [1.54, 1.807) is 7.11 Å². The van der Waals surface area contributed by atoms with Gasteiger partial charge in [-0.25, -0.2) is 4.98 Å².